The van der Waals surface area contributed by atoms with Gasteiger partial charge in [0.2, 0.25) is 0 Å². The third-order valence-electron chi connectivity index (χ3n) is 3.69. The number of nitrogens with two attached hydrogens (primary N) is 1. The molecular formula is C18H13F3N2O. The highest BCUT2D eigenvalue weighted by molar-refractivity contribution is 5.92. The van der Waals surface area contributed by atoms with Crippen LogP contribution >= 0.6 is 0 Å². The van der Waals surface area contributed by atoms with Crippen molar-refractivity contribution in [1.82, 2.24) is 4.98 Å². The number of hydrogen-bond acceptors (Lipinski definition) is 1. The normalized spacial score (nSPS) is 11.5. The lowest BCUT2D eigenvalue weighted by Gasteiger charge is -2.13. The van der Waals surface area contributed by atoms with E-state index < -0.39 is 17.6 Å². The molecule has 0 aliphatic heterocycles. The molecule has 0 aliphatic carbocycles. The molecule has 3 N–H and O–H groups in total. The molecule has 6 heteroatoms. The Hall–Kier alpha value is -3.02. The summed E-state index contributed by atoms with van der Waals surface area (Å²) in [5, 5.41) is 0. The third kappa shape index (κ3) is 3.03. The first-order valence-corrected chi connectivity index (χ1v) is 7.12. The number of halogens is 3. The summed E-state index contributed by atoms with van der Waals surface area (Å²) in [4.78, 5) is 14.0. The lowest BCUT2D eigenvalue weighted by atomic mass is 9.98. The second kappa shape index (κ2) is 5.88. The topological polar surface area (TPSA) is 58.9 Å². The van der Waals surface area contributed by atoms with Crippen LogP contribution in [0, 0.1) is 0 Å². The number of H-pyrrole nitrogens is 1. The molecule has 2 aromatic carbocycles. The molecule has 3 rings (SSSR count). The van der Waals surface area contributed by atoms with E-state index in [-0.39, 0.29) is 11.3 Å². The van der Waals surface area contributed by atoms with Gasteiger partial charge in [-0.15, -0.1) is 0 Å². The number of rotatable bonds is 3. The van der Waals surface area contributed by atoms with Crippen LogP contribution in [0.2, 0.25) is 0 Å². The molecule has 0 fully saturated rings. The van der Waals surface area contributed by atoms with Crippen LogP contribution in [0.1, 0.15) is 16.1 Å². The summed E-state index contributed by atoms with van der Waals surface area (Å²) in [6.07, 6.45) is -4.41. The summed E-state index contributed by atoms with van der Waals surface area (Å²) in [6, 6.07) is 15.3. The number of aromatic amines is 1. The zero-order chi connectivity index (χ0) is 17.3. The van der Waals surface area contributed by atoms with E-state index in [2.05, 4.69) is 4.98 Å². The Morgan fingerprint density at radius 1 is 0.875 bits per heavy atom. The van der Waals surface area contributed by atoms with Crippen molar-refractivity contribution in [2.75, 3.05) is 0 Å². The summed E-state index contributed by atoms with van der Waals surface area (Å²) in [5.74, 6) is -0.572. The molecule has 0 saturated heterocycles. The molecule has 24 heavy (non-hydrogen) atoms. The van der Waals surface area contributed by atoms with Crippen LogP contribution < -0.4 is 5.73 Å². The standard InChI is InChI=1S/C18H13F3N2O/c19-18(20,21)14-4-2-1-3-13(14)11-5-7-12(8-6-11)15-9-10-16(23-15)17(22)24/h1-10,23H,(H2,22,24). The van der Waals surface area contributed by atoms with Gasteiger partial charge in [0.1, 0.15) is 5.69 Å². The van der Waals surface area contributed by atoms with Crippen LogP contribution in [-0.2, 0) is 6.18 Å². The van der Waals surface area contributed by atoms with Gasteiger partial charge in [0.25, 0.3) is 5.91 Å². The van der Waals surface area contributed by atoms with Gasteiger partial charge in [-0.05, 0) is 34.9 Å². The van der Waals surface area contributed by atoms with E-state index in [9.17, 15) is 18.0 Å². The van der Waals surface area contributed by atoms with Gasteiger partial charge in [0.15, 0.2) is 0 Å². The molecule has 3 aromatic rings. The van der Waals surface area contributed by atoms with Crippen LogP contribution in [0.3, 0.4) is 0 Å². The molecule has 3 nitrogen and oxygen atoms in total. The first-order valence-electron chi connectivity index (χ1n) is 7.12. The van der Waals surface area contributed by atoms with Crippen LogP contribution in [-0.4, -0.2) is 10.9 Å². The SMILES string of the molecule is NC(=O)c1ccc(-c2ccc(-c3ccccc3C(F)(F)F)cc2)[nH]1. The molecule has 0 aliphatic rings. The monoisotopic (exact) mass is 330 g/mol. The maximum Gasteiger partial charge on any atom is 0.417 e. The molecule has 1 aromatic heterocycles. The Morgan fingerprint density at radius 3 is 2.08 bits per heavy atom. The van der Waals surface area contributed by atoms with Gasteiger partial charge in [-0.2, -0.15) is 13.2 Å². The van der Waals surface area contributed by atoms with E-state index in [1.807, 2.05) is 0 Å². The number of aromatic nitrogens is 1. The van der Waals surface area contributed by atoms with E-state index in [1.165, 1.54) is 12.1 Å². The van der Waals surface area contributed by atoms with Gasteiger partial charge < -0.3 is 10.7 Å². The average molecular weight is 330 g/mol. The molecule has 0 radical (unpaired) electrons. The average Bonchev–Trinajstić information content (AvgIpc) is 3.04. The largest absolute Gasteiger partial charge is 0.417 e. The van der Waals surface area contributed by atoms with E-state index >= 15 is 0 Å². The zero-order valence-electron chi connectivity index (χ0n) is 12.4. The summed E-state index contributed by atoms with van der Waals surface area (Å²) < 4.78 is 39.3. The fourth-order valence-electron chi connectivity index (χ4n) is 2.52. The molecule has 0 unspecified atom stereocenters. The summed E-state index contributed by atoms with van der Waals surface area (Å²) in [5.41, 5.74) is 6.79. The van der Waals surface area contributed by atoms with Gasteiger partial charge in [0, 0.05) is 5.69 Å². The highest BCUT2D eigenvalue weighted by Gasteiger charge is 2.33. The molecule has 0 spiro atoms. The maximum atomic E-state index is 13.1. The first kappa shape index (κ1) is 15.9. The van der Waals surface area contributed by atoms with Crippen molar-refractivity contribution in [2.45, 2.75) is 6.18 Å². The molecule has 122 valence electrons. The van der Waals surface area contributed by atoms with E-state index in [1.54, 1.807) is 42.5 Å². The molecule has 0 bridgehead atoms. The summed E-state index contributed by atoms with van der Waals surface area (Å²) in [6.45, 7) is 0. The van der Waals surface area contributed by atoms with Gasteiger partial charge >= 0.3 is 6.18 Å². The van der Waals surface area contributed by atoms with Crippen LogP contribution in [0.4, 0.5) is 13.2 Å². The number of carbonyl (C=O) groups is 1. The molecule has 1 heterocycles. The number of amides is 1. The van der Waals surface area contributed by atoms with Crippen molar-refractivity contribution >= 4 is 5.91 Å². The minimum absolute atomic E-state index is 0.126. The Bertz CT molecular complexity index is 880. The fraction of sp³-hybridized carbons (Fsp3) is 0.0556. The number of nitrogens with one attached hydrogen (secondary N) is 1. The fourth-order valence-corrected chi connectivity index (χ4v) is 2.52. The van der Waals surface area contributed by atoms with Gasteiger partial charge in [0.05, 0.1) is 5.56 Å². The van der Waals surface area contributed by atoms with Crippen molar-refractivity contribution in [3.8, 4) is 22.4 Å². The minimum atomic E-state index is -4.41. The number of hydrogen-bond donors (Lipinski definition) is 2. The van der Waals surface area contributed by atoms with Crippen molar-refractivity contribution in [2.24, 2.45) is 5.73 Å². The van der Waals surface area contributed by atoms with Crippen LogP contribution in [0.5, 0.6) is 0 Å². The van der Waals surface area contributed by atoms with Gasteiger partial charge in [-0.1, -0.05) is 42.5 Å². The Morgan fingerprint density at radius 2 is 1.50 bits per heavy atom. The summed E-state index contributed by atoms with van der Waals surface area (Å²) in [7, 11) is 0. The first-order chi connectivity index (χ1) is 11.4. The van der Waals surface area contributed by atoms with Crippen molar-refractivity contribution in [3.63, 3.8) is 0 Å². The maximum absolute atomic E-state index is 13.1. The smallest absolute Gasteiger partial charge is 0.364 e. The molecule has 1 amide bonds. The Balaban J connectivity index is 1.97. The quantitative estimate of drug-likeness (QED) is 0.731. The number of alkyl halides is 3. The van der Waals surface area contributed by atoms with E-state index in [4.69, 9.17) is 5.73 Å². The number of carbonyl (C=O) groups excluding carboxylic acids is 1. The van der Waals surface area contributed by atoms with Crippen molar-refractivity contribution < 1.29 is 18.0 Å². The van der Waals surface area contributed by atoms with Crippen molar-refractivity contribution in [1.29, 1.82) is 0 Å². The predicted octanol–water partition coefficient (Wildman–Crippen LogP) is 4.47. The van der Waals surface area contributed by atoms with E-state index in [0.29, 0.717) is 11.3 Å². The lowest BCUT2D eigenvalue weighted by Crippen LogP contribution is -2.10. The van der Waals surface area contributed by atoms with E-state index in [0.717, 1.165) is 11.6 Å². The van der Waals surface area contributed by atoms with Crippen LogP contribution in [0.25, 0.3) is 22.4 Å². The number of benzene rings is 2. The predicted molar refractivity (Wildman–Crippen MR) is 85.2 cm³/mol. The van der Waals surface area contributed by atoms with Crippen molar-refractivity contribution in [3.05, 3.63) is 71.9 Å². The Labute approximate surface area is 135 Å². The second-order valence-corrected chi connectivity index (χ2v) is 5.27. The second-order valence-electron chi connectivity index (χ2n) is 5.27. The highest BCUT2D eigenvalue weighted by Crippen LogP contribution is 2.37. The van der Waals surface area contributed by atoms with Gasteiger partial charge in [-0.25, -0.2) is 0 Å². The van der Waals surface area contributed by atoms with Crippen LogP contribution in [0.15, 0.2) is 60.7 Å². The highest BCUT2D eigenvalue weighted by atomic mass is 19.4. The Kier molecular flexibility index (Phi) is 3.89. The number of primary amides is 1. The molecule has 0 saturated carbocycles. The van der Waals surface area contributed by atoms with Gasteiger partial charge in [-0.3, -0.25) is 4.79 Å². The molecule has 0 atom stereocenters. The lowest BCUT2D eigenvalue weighted by molar-refractivity contribution is -0.137. The zero-order valence-corrected chi connectivity index (χ0v) is 12.4. The minimum Gasteiger partial charge on any atom is -0.364 e. The molecular weight excluding hydrogens is 317 g/mol. The third-order valence-corrected chi connectivity index (χ3v) is 3.69. The summed E-state index contributed by atoms with van der Waals surface area (Å²) >= 11 is 0.